The Balaban J connectivity index is 2.18. The lowest BCUT2D eigenvalue weighted by Crippen LogP contribution is -2.14. The molecule has 2 aromatic rings. The summed E-state index contributed by atoms with van der Waals surface area (Å²) in [5.74, 6) is -2.70. The van der Waals surface area contributed by atoms with Gasteiger partial charge in [0.15, 0.2) is 11.6 Å². The number of imidazole rings is 1. The van der Waals surface area contributed by atoms with E-state index in [1.165, 1.54) is 4.57 Å². The number of aliphatic carboxylic acids is 1. The monoisotopic (exact) mass is 282 g/mol. The highest BCUT2D eigenvalue weighted by molar-refractivity contribution is 5.78. The van der Waals surface area contributed by atoms with Crippen molar-refractivity contribution < 1.29 is 23.4 Å². The Kier molecular flexibility index (Phi) is 3.13. The van der Waals surface area contributed by atoms with Crippen molar-refractivity contribution in [1.82, 2.24) is 9.55 Å². The largest absolute Gasteiger partial charge is 0.480 e. The zero-order valence-corrected chi connectivity index (χ0v) is 10.5. The van der Waals surface area contributed by atoms with Crippen LogP contribution >= 0.6 is 0 Å². The summed E-state index contributed by atoms with van der Waals surface area (Å²) < 4.78 is 33.5. The Bertz CT molecular complexity index is 678. The molecule has 0 amide bonds. The molecule has 1 N–H and O–H groups in total. The van der Waals surface area contributed by atoms with Crippen molar-refractivity contribution in [2.24, 2.45) is 0 Å². The molecule has 1 atom stereocenters. The third-order valence-electron chi connectivity index (χ3n) is 3.33. The fourth-order valence-electron chi connectivity index (χ4n) is 2.47. The molecule has 2 heterocycles. The first-order valence-corrected chi connectivity index (χ1v) is 6.25. The van der Waals surface area contributed by atoms with Gasteiger partial charge in [0.25, 0.3) is 0 Å². The van der Waals surface area contributed by atoms with Crippen LogP contribution in [-0.4, -0.2) is 27.2 Å². The number of carboxylic acids is 1. The van der Waals surface area contributed by atoms with Gasteiger partial charge < -0.3 is 14.4 Å². The van der Waals surface area contributed by atoms with Crippen molar-refractivity contribution >= 4 is 17.0 Å². The van der Waals surface area contributed by atoms with Crippen molar-refractivity contribution in [3.8, 4) is 0 Å². The SMILES string of the molecule is O=C(O)Cn1c(C2CCCO2)nc2cc(F)c(F)cc21. The second-order valence-corrected chi connectivity index (χ2v) is 4.71. The van der Waals surface area contributed by atoms with Gasteiger partial charge in [-0.05, 0) is 12.8 Å². The van der Waals surface area contributed by atoms with Crippen LogP contribution in [0.2, 0.25) is 0 Å². The Labute approximate surface area is 112 Å². The smallest absolute Gasteiger partial charge is 0.323 e. The van der Waals surface area contributed by atoms with Gasteiger partial charge in [-0.15, -0.1) is 0 Å². The summed E-state index contributed by atoms with van der Waals surface area (Å²) in [7, 11) is 0. The molecule has 5 nitrogen and oxygen atoms in total. The second kappa shape index (κ2) is 4.82. The maximum Gasteiger partial charge on any atom is 0.323 e. The molecule has 1 saturated heterocycles. The second-order valence-electron chi connectivity index (χ2n) is 4.71. The molecule has 0 aliphatic carbocycles. The molecule has 0 saturated carbocycles. The maximum absolute atomic E-state index is 13.4. The lowest BCUT2D eigenvalue weighted by molar-refractivity contribution is -0.137. The normalized spacial score (nSPS) is 18.8. The van der Waals surface area contributed by atoms with Gasteiger partial charge in [0.2, 0.25) is 0 Å². The van der Waals surface area contributed by atoms with Gasteiger partial charge in [0.1, 0.15) is 18.5 Å². The maximum atomic E-state index is 13.4. The van der Waals surface area contributed by atoms with Crippen LogP contribution in [0, 0.1) is 11.6 Å². The first kappa shape index (κ1) is 13.0. The minimum Gasteiger partial charge on any atom is -0.480 e. The summed E-state index contributed by atoms with van der Waals surface area (Å²) >= 11 is 0. The molecule has 1 aliphatic rings. The van der Waals surface area contributed by atoms with Crippen LogP contribution < -0.4 is 0 Å². The number of fused-ring (bicyclic) bond motifs is 1. The van der Waals surface area contributed by atoms with E-state index in [2.05, 4.69) is 4.98 Å². The number of carboxylic acid groups (broad SMARTS) is 1. The fraction of sp³-hybridized carbons (Fsp3) is 0.385. The van der Waals surface area contributed by atoms with Gasteiger partial charge in [-0.25, -0.2) is 13.8 Å². The third-order valence-corrected chi connectivity index (χ3v) is 3.33. The predicted molar refractivity (Wildman–Crippen MR) is 65.2 cm³/mol. The summed E-state index contributed by atoms with van der Waals surface area (Å²) in [4.78, 5) is 15.2. The molecule has 1 aromatic carbocycles. The first-order chi connectivity index (χ1) is 9.56. The van der Waals surface area contributed by atoms with Gasteiger partial charge in [-0.2, -0.15) is 0 Å². The van der Waals surface area contributed by atoms with E-state index in [1.54, 1.807) is 0 Å². The van der Waals surface area contributed by atoms with E-state index in [-0.39, 0.29) is 23.7 Å². The molecule has 1 aliphatic heterocycles. The van der Waals surface area contributed by atoms with Crippen LogP contribution in [0.25, 0.3) is 11.0 Å². The summed E-state index contributed by atoms with van der Waals surface area (Å²) in [6, 6.07) is 1.94. The quantitative estimate of drug-likeness (QED) is 0.937. The number of hydrogen-bond donors (Lipinski definition) is 1. The molecule has 20 heavy (non-hydrogen) atoms. The molecule has 0 radical (unpaired) electrons. The fourth-order valence-corrected chi connectivity index (χ4v) is 2.47. The molecule has 7 heteroatoms. The molecule has 0 spiro atoms. The average Bonchev–Trinajstić information content (AvgIpc) is 2.99. The third kappa shape index (κ3) is 2.14. The highest BCUT2D eigenvalue weighted by Gasteiger charge is 2.26. The number of ether oxygens (including phenoxy) is 1. The van der Waals surface area contributed by atoms with E-state index in [1.807, 2.05) is 0 Å². The van der Waals surface area contributed by atoms with Crippen molar-refractivity contribution in [2.75, 3.05) is 6.61 Å². The van der Waals surface area contributed by atoms with E-state index in [9.17, 15) is 13.6 Å². The number of benzene rings is 1. The van der Waals surface area contributed by atoms with Gasteiger partial charge in [-0.3, -0.25) is 4.79 Å². The topological polar surface area (TPSA) is 64.3 Å². The van der Waals surface area contributed by atoms with E-state index in [4.69, 9.17) is 9.84 Å². The van der Waals surface area contributed by atoms with Crippen LogP contribution in [0.4, 0.5) is 8.78 Å². The zero-order valence-electron chi connectivity index (χ0n) is 10.5. The lowest BCUT2D eigenvalue weighted by Gasteiger charge is -2.11. The van der Waals surface area contributed by atoms with E-state index < -0.39 is 17.6 Å². The molecular weight excluding hydrogens is 270 g/mol. The molecule has 1 fully saturated rings. The predicted octanol–water partition coefficient (Wildman–Crippen LogP) is 2.25. The van der Waals surface area contributed by atoms with Gasteiger partial charge in [-0.1, -0.05) is 0 Å². The Morgan fingerprint density at radius 2 is 2.20 bits per heavy atom. The van der Waals surface area contributed by atoms with Crippen molar-refractivity contribution in [1.29, 1.82) is 0 Å². The first-order valence-electron chi connectivity index (χ1n) is 6.25. The minimum absolute atomic E-state index is 0.232. The zero-order chi connectivity index (χ0) is 14.3. The summed E-state index contributed by atoms with van der Waals surface area (Å²) in [5.41, 5.74) is 0.493. The minimum atomic E-state index is -1.08. The summed E-state index contributed by atoms with van der Waals surface area (Å²) in [6.07, 6.45) is 1.24. The molecular formula is C13H12F2N2O3. The number of rotatable bonds is 3. The van der Waals surface area contributed by atoms with E-state index >= 15 is 0 Å². The number of carbonyl (C=O) groups is 1. The van der Waals surface area contributed by atoms with Gasteiger partial charge in [0, 0.05) is 18.7 Å². The Morgan fingerprint density at radius 1 is 1.45 bits per heavy atom. The number of halogens is 2. The van der Waals surface area contributed by atoms with Crippen molar-refractivity contribution in [3.63, 3.8) is 0 Å². The van der Waals surface area contributed by atoms with Crippen LogP contribution in [0.1, 0.15) is 24.8 Å². The van der Waals surface area contributed by atoms with Crippen LogP contribution in [-0.2, 0) is 16.1 Å². The summed E-state index contributed by atoms with van der Waals surface area (Å²) in [5, 5.41) is 8.98. The van der Waals surface area contributed by atoms with Crippen molar-refractivity contribution in [3.05, 3.63) is 29.6 Å². The molecule has 3 rings (SSSR count). The Morgan fingerprint density at radius 3 is 2.85 bits per heavy atom. The van der Waals surface area contributed by atoms with Crippen LogP contribution in [0.5, 0.6) is 0 Å². The Hall–Kier alpha value is -2.02. The van der Waals surface area contributed by atoms with Gasteiger partial charge >= 0.3 is 5.97 Å². The van der Waals surface area contributed by atoms with E-state index in [0.29, 0.717) is 18.9 Å². The van der Waals surface area contributed by atoms with Gasteiger partial charge in [0.05, 0.1) is 11.0 Å². The standard InChI is InChI=1S/C13H12F2N2O3/c14-7-4-9-10(5-8(7)15)17(6-12(18)19)13(16-9)11-2-1-3-20-11/h4-5,11H,1-3,6H2,(H,18,19). The lowest BCUT2D eigenvalue weighted by atomic mass is 10.2. The van der Waals surface area contributed by atoms with Crippen LogP contribution in [0.3, 0.4) is 0 Å². The average molecular weight is 282 g/mol. The number of aromatic nitrogens is 2. The highest BCUT2D eigenvalue weighted by atomic mass is 19.2. The molecule has 1 aromatic heterocycles. The summed E-state index contributed by atoms with van der Waals surface area (Å²) in [6.45, 7) is 0.209. The molecule has 1 unspecified atom stereocenters. The molecule has 106 valence electrons. The van der Waals surface area contributed by atoms with Crippen molar-refractivity contribution in [2.45, 2.75) is 25.5 Å². The molecule has 0 bridgehead atoms. The van der Waals surface area contributed by atoms with Crippen LogP contribution in [0.15, 0.2) is 12.1 Å². The highest BCUT2D eigenvalue weighted by Crippen LogP contribution is 2.31. The van der Waals surface area contributed by atoms with E-state index in [0.717, 1.165) is 18.6 Å². The number of hydrogen-bond acceptors (Lipinski definition) is 3. The number of nitrogens with zero attached hydrogens (tertiary/aromatic N) is 2.